The van der Waals surface area contributed by atoms with Crippen molar-refractivity contribution in [2.75, 3.05) is 6.61 Å². The molecule has 0 saturated heterocycles. The van der Waals surface area contributed by atoms with E-state index >= 15 is 0 Å². The predicted octanol–water partition coefficient (Wildman–Crippen LogP) is 4.97. The lowest BCUT2D eigenvalue weighted by atomic mass is 10.3. The number of thiophene rings is 1. The van der Waals surface area contributed by atoms with Crippen LogP contribution in [-0.4, -0.2) is 12.4 Å². The molecule has 0 atom stereocenters. The van der Waals surface area contributed by atoms with Crippen molar-refractivity contribution in [2.24, 2.45) is 0 Å². The first-order chi connectivity index (χ1) is 8.54. The first-order valence-electron chi connectivity index (χ1n) is 4.92. The quantitative estimate of drug-likeness (QED) is 0.743. The van der Waals surface area contributed by atoms with Crippen LogP contribution in [0, 0.1) is 0 Å². The number of halogens is 3. The maximum atomic E-state index is 11.8. The Balaban J connectivity index is 2.01. The smallest absolute Gasteiger partial charge is 0.210 e. The number of rotatable bonds is 4. The summed E-state index contributed by atoms with van der Waals surface area (Å²) in [6, 6.07) is 8.14. The third-order valence-corrected chi connectivity index (χ3v) is 3.76. The fourth-order valence-corrected chi connectivity index (χ4v) is 2.77. The highest BCUT2D eigenvalue weighted by atomic mass is 35.5. The molecule has 2 nitrogen and oxygen atoms in total. The molecule has 18 heavy (non-hydrogen) atoms. The van der Waals surface area contributed by atoms with Gasteiger partial charge in [0.15, 0.2) is 6.61 Å². The molecule has 0 spiro atoms. The van der Waals surface area contributed by atoms with Crippen molar-refractivity contribution in [3.63, 3.8) is 0 Å². The van der Waals surface area contributed by atoms with E-state index in [9.17, 15) is 4.79 Å². The molecule has 94 valence electrons. The zero-order valence-electron chi connectivity index (χ0n) is 8.95. The molecule has 0 aliphatic heterocycles. The van der Waals surface area contributed by atoms with E-state index in [1.165, 1.54) is 11.3 Å². The Morgan fingerprint density at radius 3 is 2.33 bits per heavy atom. The molecule has 0 aliphatic rings. The van der Waals surface area contributed by atoms with Gasteiger partial charge in [-0.1, -0.05) is 34.8 Å². The van der Waals surface area contributed by atoms with E-state index < -0.39 is 0 Å². The lowest BCUT2D eigenvalue weighted by Gasteiger charge is -2.05. The summed E-state index contributed by atoms with van der Waals surface area (Å²) in [7, 11) is 0. The van der Waals surface area contributed by atoms with Crippen molar-refractivity contribution in [2.45, 2.75) is 0 Å². The fraction of sp³-hybridized carbons (Fsp3) is 0.0833. The van der Waals surface area contributed by atoms with Crippen LogP contribution >= 0.6 is 46.1 Å². The molecule has 0 unspecified atom stereocenters. The molecule has 2 aromatic rings. The van der Waals surface area contributed by atoms with E-state index in [4.69, 9.17) is 39.5 Å². The van der Waals surface area contributed by atoms with E-state index in [0.717, 1.165) is 0 Å². The first-order valence-corrected chi connectivity index (χ1v) is 6.87. The Labute approximate surface area is 123 Å². The Kier molecular flexibility index (Phi) is 4.51. The van der Waals surface area contributed by atoms with E-state index in [1.54, 1.807) is 30.3 Å². The van der Waals surface area contributed by atoms with Crippen LogP contribution in [0.1, 0.15) is 9.67 Å². The van der Waals surface area contributed by atoms with Gasteiger partial charge in [-0.15, -0.1) is 11.3 Å². The van der Waals surface area contributed by atoms with Gasteiger partial charge in [0, 0.05) is 10.0 Å². The predicted molar refractivity (Wildman–Crippen MR) is 75.6 cm³/mol. The fourth-order valence-electron chi connectivity index (χ4n) is 1.30. The van der Waals surface area contributed by atoms with Crippen LogP contribution in [0.4, 0.5) is 0 Å². The summed E-state index contributed by atoms with van der Waals surface area (Å²) in [6.07, 6.45) is 0. The highest BCUT2D eigenvalue weighted by Gasteiger charge is 2.10. The molecule has 0 N–H and O–H groups in total. The van der Waals surface area contributed by atoms with Crippen LogP contribution < -0.4 is 4.74 Å². The average Bonchev–Trinajstić information content (AvgIpc) is 2.71. The molecule has 1 heterocycles. The zero-order valence-corrected chi connectivity index (χ0v) is 12.0. The van der Waals surface area contributed by atoms with Crippen molar-refractivity contribution in [3.8, 4) is 5.75 Å². The van der Waals surface area contributed by atoms with Crippen molar-refractivity contribution >= 4 is 51.9 Å². The summed E-state index contributed by atoms with van der Waals surface area (Å²) in [5.74, 6) is 0.325. The number of carbonyl (C=O) groups is 1. The van der Waals surface area contributed by atoms with Crippen LogP contribution in [0.15, 0.2) is 30.3 Å². The van der Waals surface area contributed by atoms with Gasteiger partial charge >= 0.3 is 0 Å². The minimum absolute atomic E-state index is 0.0759. The molecular formula is C12H7Cl3O2S. The molecule has 0 saturated carbocycles. The lowest BCUT2D eigenvalue weighted by molar-refractivity contribution is 0.0925. The summed E-state index contributed by atoms with van der Waals surface area (Å²) < 4.78 is 5.91. The molecule has 0 radical (unpaired) electrons. The topological polar surface area (TPSA) is 26.3 Å². The van der Waals surface area contributed by atoms with Gasteiger partial charge in [-0.3, -0.25) is 4.79 Å². The van der Waals surface area contributed by atoms with Crippen molar-refractivity contribution < 1.29 is 9.53 Å². The normalized spacial score (nSPS) is 10.4. The lowest BCUT2D eigenvalue weighted by Crippen LogP contribution is -2.09. The molecule has 6 heteroatoms. The Morgan fingerprint density at radius 1 is 1.11 bits per heavy atom. The SMILES string of the molecule is O=C(COc1cc(Cl)cc(Cl)c1)c1ccc(Cl)s1. The Bertz CT molecular complexity index is 560. The van der Waals surface area contributed by atoms with Gasteiger partial charge in [-0.25, -0.2) is 0 Å². The number of ether oxygens (including phenoxy) is 1. The standard InChI is InChI=1S/C12H7Cl3O2S/c13-7-3-8(14)5-9(4-7)17-6-10(16)11-1-2-12(15)18-11/h1-5H,6H2. The maximum absolute atomic E-state index is 11.8. The molecule has 0 bridgehead atoms. The molecule has 0 amide bonds. The average molecular weight is 322 g/mol. The van der Waals surface area contributed by atoms with Crippen molar-refractivity contribution in [1.29, 1.82) is 0 Å². The van der Waals surface area contributed by atoms with Gasteiger partial charge in [0.1, 0.15) is 5.75 Å². The van der Waals surface area contributed by atoms with Gasteiger partial charge in [-0.2, -0.15) is 0 Å². The van der Waals surface area contributed by atoms with E-state index in [-0.39, 0.29) is 12.4 Å². The summed E-state index contributed by atoms with van der Waals surface area (Å²) >= 11 is 18.6. The van der Waals surface area contributed by atoms with Crippen molar-refractivity contribution in [3.05, 3.63) is 49.6 Å². The molecule has 1 aromatic heterocycles. The monoisotopic (exact) mass is 320 g/mol. The minimum atomic E-state index is -0.136. The van der Waals surface area contributed by atoms with E-state index in [2.05, 4.69) is 0 Å². The minimum Gasteiger partial charge on any atom is -0.485 e. The Morgan fingerprint density at radius 2 is 1.78 bits per heavy atom. The Hall–Kier alpha value is -0.740. The van der Waals surface area contributed by atoms with Gasteiger partial charge < -0.3 is 4.74 Å². The third kappa shape index (κ3) is 3.62. The highest BCUT2D eigenvalue weighted by Crippen LogP contribution is 2.25. The number of hydrogen-bond acceptors (Lipinski definition) is 3. The molecule has 2 rings (SSSR count). The molecule has 1 aromatic carbocycles. The van der Waals surface area contributed by atoms with Crippen LogP contribution in [0.5, 0.6) is 5.75 Å². The summed E-state index contributed by atoms with van der Waals surface area (Å²) in [6.45, 7) is -0.0759. The van der Waals surface area contributed by atoms with Gasteiger partial charge in [0.25, 0.3) is 0 Å². The first kappa shape index (κ1) is 13.7. The van der Waals surface area contributed by atoms with E-state index in [1.807, 2.05) is 0 Å². The number of benzene rings is 1. The van der Waals surface area contributed by atoms with Crippen molar-refractivity contribution in [1.82, 2.24) is 0 Å². The van der Waals surface area contributed by atoms with Gasteiger partial charge in [0.05, 0.1) is 9.21 Å². The van der Waals surface area contributed by atoms with Crippen LogP contribution in [0.2, 0.25) is 14.4 Å². The maximum Gasteiger partial charge on any atom is 0.210 e. The second-order valence-corrected chi connectivity index (χ2v) is 6.01. The highest BCUT2D eigenvalue weighted by molar-refractivity contribution is 7.18. The second kappa shape index (κ2) is 5.93. The molecule has 0 aliphatic carbocycles. The largest absolute Gasteiger partial charge is 0.485 e. The number of carbonyl (C=O) groups excluding carboxylic acids is 1. The summed E-state index contributed by atoms with van der Waals surface area (Å²) in [5.41, 5.74) is 0. The summed E-state index contributed by atoms with van der Waals surface area (Å²) in [4.78, 5) is 12.3. The number of hydrogen-bond donors (Lipinski definition) is 0. The zero-order chi connectivity index (χ0) is 13.1. The summed E-state index contributed by atoms with van der Waals surface area (Å²) in [5, 5.41) is 0.924. The van der Waals surface area contributed by atoms with Crippen LogP contribution in [0.25, 0.3) is 0 Å². The van der Waals surface area contributed by atoms with Gasteiger partial charge in [-0.05, 0) is 30.3 Å². The molecule has 0 fully saturated rings. The third-order valence-electron chi connectivity index (χ3n) is 2.05. The number of Topliss-reactive ketones (excluding diaryl/α,β-unsaturated/α-hetero) is 1. The number of ketones is 1. The molecular weight excluding hydrogens is 315 g/mol. The van der Waals surface area contributed by atoms with Crippen LogP contribution in [0.3, 0.4) is 0 Å². The van der Waals surface area contributed by atoms with Crippen LogP contribution in [-0.2, 0) is 0 Å². The van der Waals surface area contributed by atoms with Gasteiger partial charge in [0.2, 0.25) is 5.78 Å². The van der Waals surface area contributed by atoms with E-state index in [0.29, 0.717) is 25.0 Å². The second-order valence-electron chi connectivity index (χ2n) is 3.42.